The van der Waals surface area contributed by atoms with Gasteiger partial charge in [-0.1, -0.05) is 40.9 Å². The number of nitrogens with zero attached hydrogens (tertiary/aromatic N) is 1. The van der Waals surface area contributed by atoms with Gasteiger partial charge in [-0.25, -0.2) is 0 Å². The zero-order valence-electron chi connectivity index (χ0n) is 12.7. The highest BCUT2D eigenvalue weighted by molar-refractivity contribution is 9.10. The van der Waals surface area contributed by atoms with Gasteiger partial charge in [0.2, 0.25) is 0 Å². The number of halogens is 1. The average Bonchev–Trinajstić information content (AvgIpc) is 2.47. The van der Waals surface area contributed by atoms with Crippen molar-refractivity contribution in [3.63, 3.8) is 0 Å². The first-order valence-corrected chi connectivity index (χ1v) is 8.84. The van der Waals surface area contributed by atoms with Crippen LogP contribution in [0.2, 0.25) is 0 Å². The van der Waals surface area contributed by atoms with Gasteiger partial charge in [-0.2, -0.15) is 0 Å². The molecule has 0 bridgehead atoms. The van der Waals surface area contributed by atoms with Gasteiger partial charge in [0.1, 0.15) is 0 Å². The fraction of sp³-hybridized carbons (Fsp3) is 0.647. The summed E-state index contributed by atoms with van der Waals surface area (Å²) in [5.41, 5.74) is 7.68. The first kappa shape index (κ1) is 15.5. The van der Waals surface area contributed by atoms with Crippen molar-refractivity contribution >= 4 is 15.9 Å². The Morgan fingerprint density at radius 1 is 1.33 bits per heavy atom. The van der Waals surface area contributed by atoms with Gasteiger partial charge in [-0.05, 0) is 37.5 Å². The molecule has 4 heteroatoms. The lowest BCUT2D eigenvalue weighted by molar-refractivity contribution is -0.106. The minimum Gasteiger partial charge on any atom is -0.375 e. The van der Waals surface area contributed by atoms with E-state index in [1.54, 1.807) is 0 Å². The molecule has 1 aliphatic heterocycles. The summed E-state index contributed by atoms with van der Waals surface area (Å²) >= 11 is 3.59. The zero-order valence-corrected chi connectivity index (χ0v) is 14.3. The summed E-state index contributed by atoms with van der Waals surface area (Å²) in [6, 6.07) is 9.50. The molecule has 0 aromatic heterocycles. The Morgan fingerprint density at radius 3 is 2.90 bits per heavy atom. The highest BCUT2D eigenvalue weighted by atomic mass is 79.9. The Labute approximate surface area is 136 Å². The standard InChI is InChI=1S/C17H25BrN2O/c1-12(19)17(13-5-4-6-14(18)11-13)20-9-10-21-16-8-3-2-7-15(16)20/h4-6,11-12,15-17H,2-3,7-10,19H2,1H3. The summed E-state index contributed by atoms with van der Waals surface area (Å²) in [6.07, 6.45) is 5.45. The van der Waals surface area contributed by atoms with E-state index in [1.807, 2.05) is 0 Å². The Bertz CT molecular complexity index is 478. The lowest BCUT2D eigenvalue weighted by atomic mass is 9.87. The lowest BCUT2D eigenvalue weighted by Crippen LogP contribution is -2.56. The van der Waals surface area contributed by atoms with E-state index in [0.29, 0.717) is 12.1 Å². The van der Waals surface area contributed by atoms with Crippen LogP contribution in [0.3, 0.4) is 0 Å². The molecule has 2 fully saturated rings. The SMILES string of the molecule is CC(N)C(c1cccc(Br)c1)N1CCOC2CCCCC21. The molecule has 1 aromatic carbocycles. The molecule has 1 aliphatic carbocycles. The second kappa shape index (κ2) is 6.78. The largest absolute Gasteiger partial charge is 0.375 e. The van der Waals surface area contributed by atoms with Crippen LogP contribution in [0.5, 0.6) is 0 Å². The van der Waals surface area contributed by atoms with Crippen LogP contribution in [0.25, 0.3) is 0 Å². The fourth-order valence-corrected chi connectivity index (χ4v) is 4.38. The van der Waals surface area contributed by atoms with Crippen molar-refractivity contribution in [2.24, 2.45) is 5.73 Å². The molecule has 1 aromatic rings. The van der Waals surface area contributed by atoms with Gasteiger partial charge >= 0.3 is 0 Å². The van der Waals surface area contributed by atoms with Crippen molar-refractivity contribution < 1.29 is 4.74 Å². The van der Waals surface area contributed by atoms with E-state index in [4.69, 9.17) is 10.5 Å². The van der Waals surface area contributed by atoms with Crippen LogP contribution >= 0.6 is 15.9 Å². The van der Waals surface area contributed by atoms with Gasteiger partial charge in [-0.15, -0.1) is 0 Å². The van der Waals surface area contributed by atoms with E-state index in [2.05, 4.69) is 52.0 Å². The van der Waals surface area contributed by atoms with E-state index in [9.17, 15) is 0 Å². The normalized spacial score (nSPS) is 29.7. The van der Waals surface area contributed by atoms with Gasteiger partial charge in [0.15, 0.2) is 0 Å². The number of fused-ring (bicyclic) bond motifs is 1. The van der Waals surface area contributed by atoms with Crippen molar-refractivity contribution in [3.8, 4) is 0 Å². The molecule has 1 heterocycles. The van der Waals surface area contributed by atoms with Crippen LogP contribution in [0.1, 0.15) is 44.2 Å². The topological polar surface area (TPSA) is 38.5 Å². The predicted octanol–water partition coefficient (Wildman–Crippen LogP) is 3.48. The highest BCUT2D eigenvalue weighted by Crippen LogP contribution is 2.35. The van der Waals surface area contributed by atoms with Crippen molar-refractivity contribution in [2.75, 3.05) is 13.2 Å². The summed E-state index contributed by atoms with van der Waals surface area (Å²) in [6.45, 7) is 3.94. The number of hydrogen-bond donors (Lipinski definition) is 1. The monoisotopic (exact) mass is 352 g/mol. The second-order valence-corrected chi connectivity index (χ2v) is 7.27. The molecular formula is C17H25BrN2O. The van der Waals surface area contributed by atoms with Crippen LogP contribution in [0, 0.1) is 0 Å². The first-order valence-electron chi connectivity index (χ1n) is 8.05. The van der Waals surface area contributed by atoms with Gasteiger partial charge in [0.25, 0.3) is 0 Å². The molecule has 4 unspecified atom stereocenters. The summed E-state index contributed by atoms with van der Waals surface area (Å²) in [5, 5.41) is 0. The van der Waals surface area contributed by atoms with Crippen LogP contribution in [0.15, 0.2) is 28.7 Å². The van der Waals surface area contributed by atoms with Crippen molar-refractivity contribution in [1.29, 1.82) is 0 Å². The van der Waals surface area contributed by atoms with Crippen LogP contribution in [0.4, 0.5) is 0 Å². The fourth-order valence-electron chi connectivity index (χ4n) is 3.96. The molecule has 1 saturated heterocycles. The third-order valence-corrected chi connectivity index (χ3v) is 5.31. The molecule has 4 atom stereocenters. The van der Waals surface area contributed by atoms with E-state index >= 15 is 0 Å². The quantitative estimate of drug-likeness (QED) is 0.904. The molecule has 3 rings (SSSR count). The Morgan fingerprint density at radius 2 is 2.14 bits per heavy atom. The molecule has 0 spiro atoms. The van der Waals surface area contributed by atoms with Crippen LogP contribution in [-0.4, -0.2) is 36.2 Å². The van der Waals surface area contributed by atoms with Gasteiger partial charge < -0.3 is 10.5 Å². The summed E-state index contributed by atoms with van der Waals surface area (Å²) in [4.78, 5) is 2.61. The molecule has 2 N–H and O–H groups in total. The van der Waals surface area contributed by atoms with Crippen LogP contribution < -0.4 is 5.73 Å². The van der Waals surface area contributed by atoms with E-state index in [-0.39, 0.29) is 12.1 Å². The maximum atomic E-state index is 6.37. The van der Waals surface area contributed by atoms with Crippen LogP contribution in [-0.2, 0) is 4.74 Å². The van der Waals surface area contributed by atoms with Crippen molar-refractivity contribution in [1.82, 2.24) is 4.90 Å². The van der Waals surface area contributed by atoms with E-state index in [1.165, 1.54) is 31.2 Å². The minimum absolute atomic E-state index is 0.111. The maximum absolute atomic E-state index is 6.37. The van der Waals surface area contributed by atoms with Gasteiger partial charge in [-0.3, -0.25) is 4.90 Å². The lowest BCUT2D eigenvalue weighted by Gasteiger charge is -2.48. The minimum atomic E-state index is 0.111. The summed E-state index contributed by atoms with van der Waals surface area (Å²) in [5.74, 6) is 0. The van der Waals surface area contributed by atoms with E-state index in [0.717, 1.165) is 17.6 Å². The summed E-state index contributed by atoms with van der Waals surface area (Å²) in [7, 11) is 0. The van der Waals surface area contributed by atoms with Gasteiger partial charge in [0.05, 0.1) is 18.8 Å². The predicted molar refractivity (Wildman–Crippen MR) is 89.2 cm³/mol. The molecular weight excluding hydrogens is 328 g/mol. The molecule has 0 amide bonds. The van der Waals surface area contributed by atoms with Gasteiger partial charge in [0, 0.05) is 23.1 Å². The third-order valence-electron chi connectivity index (χ3n) is 4.82. The number of morpholine rings is 1. The third kappa shape index (κ3) is 3.34. The number of ether oxygens (including phenoxy) is 1. The first-order chi connectivity index (χ1) is 10.2. The molecule has 0 radical (unpaired) electrons. The Kier molecular flexibility index (Phi) is 4.99. The van der Waals surface area contributed by atoms with Crippen molar-refractivity contribution in [3.05, 3.63) is 34.3 Å². The zero-order chi connectivity index (χ0) is 14.8. The average molecular weight is 353 g/mol. The number of nitrogens with two attached hydrogens (primary N) is 1. The molecule has 1 saturated carbocycles. The Balaban J connectivity index is 1.89. The molecule has 116 valence electrons. The molecule has 3 nitrogen and oxygen atoms in total. The summed E-state index contributed by atoms with van der Waals surface area (Å²) < 4.78 is 7.13. The number of hydrogen-bond acceptors (Lipinski definition) is 3. The Hall–Kier alpha value is -0.420. The number of benzene rings is 1. The molecule has 2 aliphatic rings. The highest BCUT2D eigenvalue weighted by Gasteiger charge is 2.39. The smallest absolute Gasteiger partial charge is 0.0731 e. The second-order valence-electron chi connectivity index (χ2n) is 6.36. The van der Waals surface area contributed by atoms with Crippen molar-refractivity contribution in [2.45, 2.75) is 56.8 Å². The van der Waals surface area contributed by atoms with E-state index < -0.39 is 0 Å². The maximum Gasteiger partial charge on any atom is 0.0731 e. The molecule has 21 heavy (non-hydrogen) atoms. The number of rotatable bonds is 3.